The van der Waals surface area contributed by atoms with Gasteiger partial charge in [0.25, 0.3) is 0 Å². The van der Waals surface area contributed by atoms with E-state index in [9.17, 15) is 14.7 Å². The molecule has 1 fully saturated rings. The molecule has 5 nitrogen and oxygen atoms in total. The number of rotatable bonds is 5. The van der Waals surface area contributed by atoms with Crippen LogP contribution in [0, 0.1) is 11.3 Å². The first-order valence-corrected chi connectivity index (χ1v) is 8.49. The lowest BCUT2D eigenvalue weighted by molar-refractivity contribution is -0.149. The molecule has 1 rings (SSSR count). The lowest BCUT2D eigenvalue weighted by Gasteiger charge is -2.31. The summed E-state index contributed by atoms with van der Waals surface area (Å²) >= 11 is 1.55. The second kappa shape index (κ2) is 7.01. The van der Waals surface area contributed by atoms with Gasteiger partial charge in [0.2, 0.25) is 5.91 Å². The Labute approximate surface area is 131 Å². The van der Waals surface area contributed by atoms with Gasteiger partial charge < -0.3 is 15.7 Å². The fourth-order valence-electron chi connectivity index (χ4n) is 2.74. The number of thioether (sulfide) groups is 1. The summed E-state index contributed by atoms with van der Waals surface area (Å²) in [5.74, 6) is -0.383. The Morgan fingerprint density at radius 1 is 1.38 bits per heavy atom. The second-order valence-corrected chi connectivity index (χ2v) is 8.50. The third kappa shape index (κ3) is 5.18. The molecular formula is C15H28N2O3S. The number of hydrogen-bond acceptors (Lipinski definition) is 4. The molecule has 122 valence electrons. The average Bonchev–Trinajstić information content (AvgIpc) is 2.69. The van der Waals surface area contributed by atoms with Crippen molar-refractivity contribution in [3.63, 3.8) is 0 Å². The van der Waals surface area contributed by atoms with Crippen LogP contribution in [0.5, 0.6) is 0 Å². The molecule has 3 unspecified atom stereocenters. The van der Waals surface area contributed by atoms with Crippen molar-refractivity contribution in [3.05, 3.63) is 0 Å². The van der Waals surface area contributed by atoms with Gasteiger partial charge in [-0.1, -0.05) is 34.6 Å². The Bertz CT molecular complexity index is 393. The Morgan fingerprint density at radius 2 is 1.95 bits per heavy atom. The van der Waals surface area contributed by atoms with Crippen LogP contribution in [-0.2, 0) is 9.59 Å². The van der Waals surface area contributed by atoms with Crippen molar-refractivity contribution in [1.82, 2.24) is 4.90 Å². The number of amides is 1. The van der Waals surface area contributed by atoms with Crippen molar-refractivity contribution in [3.8, 4) is 0 Å². The summed E-state index contributed by atoms with van der Waals surface area (Å²) in [6.45, 7) is 10.3. The van der Waals surface area contributed by atoms with E-state index in [1.807, 2.05) is 13.8 Å². The minimum Gasteiger partial charge on any atom is -0.480 e. The van der Waals surface area contributed by atoms with E-state index in [-0.39, 0.29) is 35.1 Å². The molecular weight excluding hydrogens is 288 g/mol. The fraction of sp³-hybridized carbons (Fsp3) is 0.867. The number of carboxylic acids is 1. The van der Waals surface area contributed by atoms with E-state index in [1.54, 1.807) is 16.7 Å². The first-order valence-electron chi connectivity index (χ1n) is 7.44. The van der Waals surface area contributed by atoms with Crippen LogP contribution >= 0.6 is 11.8 Å². The molecule has 1 amide bonds. The smallest absolute Gasteiger partial charge is 0.327 e. The zero-order valence-electron chi connectivity index (χ0n) is 13.6. The zero-order valence-corrected chi connectivity index (χ0v) is 14.4. The normalized spacial score (nSPS) is 24.4. The molecule has 0 bridgehead atoms. The SMILES string of the molecule is CC(C)C1SCC(C(=O)O)N1C(=O)CC(N)CC(C)(C)C. The molecule has 1 aliphatic rings. The van der Waals surface area contributed by atoms with Gasteiger partial charge in [-0.05, 0) is 17.8 Å². The summed E-state index contributed by atoms with van der Waals surface area (Å²) < 4.78 is 0. The summed E-state index contributed by atoms with van der Waals surface area (Å²) in [6, 6.07) is -0.956. The summed E-state index contributed by atoms with van der Waals surface area (Å²) in [4.78, 5) is 25.4. The van der Waals surface area contributed by atoms with Crippen molar-refractivity contribution in [1.29, 1.82) is 0 Å². The molecule has 6 heteroatoms. The van der Waals surface area contributed by atoms with E-state index in [0.29, 0.717) is 5.75 Å². The summed E-state index contributed by atoms with van der Waals surface area (Å²) in [5.41, 5.74) is 6.13. The quantitative estimate of drug-likeness (QED) is 0.812. The predicted octanol–water partition coefficient (Wildman–Crippen LogP) is 2.15. The van der Waals surface area contributed by atoms with Crippen molar-refractivity contribution in [2.24, 2.45) is 17.1 Å². The van der Waals surface area contributed by atoms with Gasteiger partial charge in [-0.3, -0.25) is 4.79 Å². The molecule has 0 radical (unpaired) electrons. The van der Waals surface area contributed by atoms with Gasteiger partial charge in [-0.2, -0.15) is 0 Å². The third-order valence-corrected chi connectivity index (χ3v) is 5.11. The highest BCUT2D eigenvalue weighted by Gasteiger charge is 2.42. The van der Waals surface area contributed by atoms with Crippen molar-refractivity contribution in [2.75, 3.05) is 5.75 Å². The number of nitrogens with zero attached hydrogens (tertiary/aromatic N) is 1. The summed E-state index contributed by atoms with van der Waals surface area (Å²) in [5, 5.41) is 9.25. The van der Waals surface area contributed by atoms with Crippen molar-refractivity contribution in [2.45, 2.75) is 64.9 Å². The minimum absolute atomic E-state index is 0.0586. The number of carbonyl (C=O) groups excluding carboxylic acids is 1. The van der Waals surface area contributed by atoms with E-state index >= 15 is 0 Å². The highest BCUT2D eigenvalue weighted by Crippen LogP contribution is 2.35. The lowest BCUT2D eigenvalue weighted by Crippen LogP contribution is -2.48. The van der Waals surface area contributed by atoms with Gasteiger partial charge in [0.05, 0.1) is 5.37 Å². The predicted molar refractivity (Wildman–Crippen MR) is 86.0 cm³/mol. The van der Waals surface area contributed by atoms with E-state index in [1.165, 1.54) is 0 Å². The average molecular weight is 316 g/mol. The Morgan fingerprint density at radius 3 is 2.38 bits per heavy atom. The van der Waals surface area contributed by atoms with Gasteiger partial charge >= 0.3 is 5.97 Å². The molecule has 3 atom stereocenters. The van der Waals surface area contributed by atoms with Crippen LogP contribution in [0.4, 0.5) is 0 Å². The van der Waals surface area contributed by atoms with Gasteiger partial charge in [0, 0.05) is 18.2 Å². The van der Waals surface area contributed by atoms with Crippen molar-refractivity contribution >= 4 is 23.6 Å². The second-order valence-electron chi connectivity index (χ2n) is 7.35. The van der Waals surface area contributed by atoms with Gasteiger partial charge in [0.15, 0.2) is 0 Å². The van der Waals surface area contributed by atoms with E-state index in [2.05, 4.69) is 20.8 Å². The van der Waals surface area contributed by atoms with E-state index in [0.717, 1.165) is 6.42 Å². The molecule has 0 aromatic carbocycles. The van der Waals surface area contributed by atoms with Crippen LogP contribution in [0.25, 0.3) is 0 Å². The van der Waals surface area contributed by atoms with Crippen LogP contribution < -0.4 is 5.73 Å². The number of hydrogen-bond donors (Lipinski definition) is 2. The molecule has 0 saturated carbocycles. The number of aliphatic carboxylic acids is 1. The summed E-state index contributed by atoms with van der Waals surface area (Å²) in [7, 11) is 0. The minimum atomic E-state index is -0.927. The number of carbonyl (C=O) groups is 2. The van der Waals surface area contributed by atoms with Crippen LogP contribution in [-0.4, -0.2) is 45.1 Å². The summed E-state index contributed by atoms with van der Waals surface area (Å²) in [6.07, 6.45) is 0.953. The third-order valence-electron chi connectivity index (χ3n) is 3.49. The molecule has 3 N–H and O–H groups in total. The molecule has 21 heavy (non-hydrogen) atoms. The molecule has 1 aliphatic heterocycles. The largest absolute Gasteiger partial charge is 0.480 e. The lowest BCUT2D eigenvalue weighted by atomic mass is 9.87. The highest BCUT2D eigenvalue weighted by atomic mass is 32.2. The first kappa shape index (κ1) is 18.3. The molecule has 0 spiro atoms. The number of nitrogens with two attached hydrogens (primary N) is 1. The van der Waals surface area contributed by atoms with Crippen LogP contribution in [0.15, 0.2) is 0 Å². The van der Waals surface area contributed by atoms with Gasteiger partial charge in [-0.25, -0.2) is 4.79 Å². The highest BCUT2D eigenvalue weighted by molar-refractivity contribution is 8.00. The Kier molecular flexibility index (Phi) is 6.11. The number of carboxylic acid groups (broad SMARTS) is 1. The Balaban J connectivity index is 2.78. The van der Waals surface area contributed by atoms with Crippen LogP contribution in [0.2, 0.25) is 0 Å². The fourth-order valence-corrected chi connectivity index (χ4v) is 4.23. The van der Waals surface area contributed by atoms with Gasteiger partial charge in [0.1, 0.15) is 6.04 Å². The molecule has 1 saturated heterocycles. The van der Waals surface area contributed by atoms with E-state index < -0.39 is 12.0 Å². The van der Waals surface area contributed by atoms with Gasteiger partial charge in [-0.15, -0.1) is 11.8 Å². The van der Waals surface area contributed by atoms with Crippen LogP contribution in [0.1, 0.15) is 47.5 Å². The maximum atomic E-state index is 12.5. The molecule has 0 aliphatic carbocycles. The first-order chi connectivity index (χ1) is 9.53. The molecule has 0 aromatic rings. The zero-order chi connectivity index (χ0) is 16.4. The maximum absolute atomic E-state index is 12.5. The Hall–Kier alpha value is -0.750. The monoisotopic (exact) mass is 316 g/mol. The maximum Gasteiger partial charge on any atom is 0.327 e. The van der Waals surface area contributed by atoms with Crippen LogP contribution in [0.3, 0.4) is 0 Å². The molecule has 0 aromatic heterocycles. The standard InChI is InChI=1S/C15H28N2O3S/c1-9(2)13-17(11(8-21-13)14(19)20)12(18)6-10(16)7-15(3,4)5/h9-11,13H,6-8,16H2,1-5H3,(H,19,20). The molecule has 1 heterocycles. The van der Waals surface area contributed by atoms with E-state index in [4.69, 9.17) is 5.73 Å². The van der Waals surface area contributed by atoms with Crippen molar-refractivity contribution < 1.29 is 14.7 Å². The topological polar surface area (TPSA) is 83.6 Å².